The van der Waals surface area contributed by atoms with Crippen LogP contribution in [-0.4, -0.2) is 16.9 Å². The molecule has 4 nitrogen and oxygen atoms in total. The zero-order valence-electron chi connectivity index (χ0n) is 11.0. The van der Waals surface area contributed by atoms with Gasteiger partial charge in [0, 0.05) is 12.2 Å². The van der Waals surface area contributed by atoms with Gasteiger partial charge in [0.1, 0.15) is 5.82 Å². The van der Waals surface area contributed by atoms with Gasteiger partial charge in [-0.3, -0.25) is 9.69 Å². The summed E-state index contributed by atoms with van der Waals surface area (Å²) in [4.78, 5) is 17.4. The monoisotopic (exact) mass is 257 g/mol. The van der Waals surface area contributed by atoms with Gasteiger partial charge in [0.25, 0.3) is 5.91 Å². The van der Waals surface area contributed by atoms with Gasteiger partial charge < -0.3 is 5.32 Å². The minimum atomic E-state index is -0.215. The van der Waals surface area contributed by atoms with Gasteiger partial charge in [-0.15, -0.1) is 0 Å². The van der Waals surface area contributed by atoms with E-state index in [0.717, 1.165) is 5.82 Å². The van der Waals surface area contributed by atoms with Crippen molar-refractivity contribution in [3.8, 4) is 0 Å². The highest BCUT2D eigenvalue weighted by Crippen LogP contribution is 2.22. The van der Waals surface area contributed by atoms with Crippen LogP contribution >= 0.6 is 0 Å². The van der Waals surface area contributed by atoms with Gasteiger partial charge in [-0.25, -0.2) is 4.98 Å². The van der Waals surface area contributed by atoms with Gasteiger partial charge in [0.2, 0.25) is 0 Å². The predicted molar refractivity (Wildman–Crippen MR) is 78.0 cm³/mol. The highest BCUT2D eigenvalue weighted by atomic mass is 16.2. The van der Waals surface area contributed by atoms with Gasteiger partial charge in [-0.05, 0) is 31.1 Å². The number of amides is 1. The van der Waals surface area contributed by atoms with Crippen LogP contribution in [0.3, 0.4) is 0 Å². The van der Waals surface area contributed by atoms with Crippen molar-refractivity contribution in [1.29, 1.82) is 0 Å². The van der Waals surface area contributed by atoms with Crippen molar-refractivity contribution >= 4 is 17.4 Å². The SMILES string of the molecule is C=CC(=O)N(C=C)c1ccc(NC2CCCC2)nc1. The Balaban J connectivity index is 2.06. The summed E-state index contributed by atoms with van der Waals surface area (Å²) in [5.41, 5.74) is 0.692. The summed E-state index contributed by atoms with van der Waals surface area (Å²) >= 11 is 0. The Kier molecular flexibility index (Phi) is 4.34. The molecule has 1 fully saturated rings. The van der Waals surface area contributed by atoms with Crippen LogP contribution in [0.5, 0.6) is 0 Å². The van der Waals surface area contributed by atoms with Crippen molar-refractivity contribution in [2.75, 3.05) is 10.2 Å². The Morgan fingerprint density at radius 1 is 1.37 bits per heavy atom. The first-order chi connectivity index (χ1) is 9.24. The molecule has 0 saturated heterocycles. The van der Waals surface area contributed by atoms with Crippen molar-refractivity contribution in [1.82, 2.24) is 4.98 Å². The summed E-state index contributed by atoms with van der Waals surface area (Å²) < 4.78 is 0. The molecular weight excluding hydrogens is 238 g/mol. The molecule has 0 radical (unpaired) electrons. The maximum absolute atomic E-state index is 11.6. The second-order valence-corrected chi connectivity index (χ2v) is 4.62. The molecule has 0 aromatic carbocycles. The van der Waals surface area contributed by atoms with Crippen LogP contribution in [0.15, 0.2) is 43.8 Å². The average Bonchev–Trinajstić information content (AvgIpc) is 2.94. The maximum Gasteiger partial charge on any atom is 0.254 e. The number of anilines is 2. The minimum Gasteiger partial charge on any atom is -0.367 e. The van der Waals surface area contributed by atoms with Crippen LogP contribution in [0.1, 0.15) is 25.7 Å². The Bertz CT molecular complexity index is 461. The van der Waals surface area contributed by atoms with Crippen molar-refractivity contribution < 1.29 is 4.79 Å². The zero-order chi connectivity index (χ0) is 13.7. The summed E-state index contributed by atoms with van der Waals surface area (Å²) in [6, 6.07) is 4.28. The summed E-state index contributed by atoms with van der Waals surface area (Å²) in [7, 11) is 0. The standard InChI is InChI=1S/C15H19N3O/c1-3-15(19)18(4-2)13-9-10-14(16-11-13)17-12-7-5-6-8-12/h3-4,9-12H,1-2,5-8H2,(H,16,17). The first-order valence-corrected chi connectivity index (χ1v) is 6.55. The van der Waals surface area contributed by atoms with Crippen molar-refractivity contribution in [3.63, 3.8) is 0 Å². The molecule has 100 valence electrons. The van der Waals surface area contributed by atoms with Crippen LogP contribution in [0, 0.1) is 0 Å². The zero-order valence-corrected chi connectivity index (χ0v) is 11.0. The Morgan fingerprint density at radius 2 is 2.11 bits per heavy atom. The number of carbonyl (C=O) groups excluding carboxylic acids is 1. The maximum atomic E-state index is 11.6. The van der Waals surface area contributed by atoms with E-state index >= 15 is 0 Å². The molecule has 0 spiro atoms. The van der Waals surface area contributed by atoms with Crippen molar-refractivity contribution in [2.24, 2.45) is 0 Å². The number of pyridine rings is 1. The van der Waals surface area contributed by atoms with Gasteiger partial charge in [0.05, 0.1) is 11.9 Å². The van der Waals surface area contributed by atoms with E-state index in [1.807, 2.05) is 12.1 Å². The fourth-order valence-corrected chi connectivity index (χ4v) is 2.31. The molecule has 1 aromatic rings. The third kappa shape index (κ3) is 3.22. The van der Waals surface area contributed by atoms with Crippen LogP contribution in [0.2, 0.25) is 0 Å². The Morgan fingerprint density at radius 3 is 2.63 bits per heavy atom. The minimum absolute atomic E-state index is 0.215. The molecule has 0 unspecified atom stereocenters. The van der Waals surface area contributed by atoms with Crippen molar-refractivity contribution in [3.05, 3.63) is 43.8 Å². The molecule has 19 heavy (non-hydrogen) atoms. The number of nitrogens with one attached hydrogen (secondary N) is 1. The summed E-state index contributed by atoms with van der Waals surface area (Å²) in [6.45, 7) is 7.10. The molecule has 1 heterocycles. The lowest BCUT2D eigenvalue weighted by Crippen LogP contribution is -2.22. The second-order valence-electron chi connectivity index (χ2n) is 4.62. The van der Waals surface area contributed by atoms with E-state index in [-0.39, 0.29) is 5.91 Å². The lowest BCUT2D eigenvalue weighted by Gasteiger charge is -2.17. The number of hydrogen-bond acceptors (Lipinski definition) is 3. The molecule has 1 aliphatic rings. The molecule has 1 saturated carbocycles. The topological polar surface area (TPSA) is 45.2 Å². The molecule has 0 aliphatic heterocycles. The molecule has 1 N–H and O–H groups in total. The smallest absolute Gasteiger partial charge is 0.254 e. The number of hydrogen-bond donors (Lipinski definition) is 1. The van der Waals surface area contributed by atoms with Crippen LogP contribution < -0.4 is 10.2 Å². The first kappa shape index (κ1) is 13.3. The fourth-order valence-electron chi connectivity index (χ4n) is 2.31. The molecule has 4 heteroatoms. The molecule has 1 aliphatic carbocycles. The van der Waals surface area contributed by atoms with E-state index in [9.17, 15) is 4.79 Å². The molecule has 0 bridgehead atoms. The van der Waals surface area contributed by atoms with Crippen LogP contribution in [0.25, 0.3) is 0 Å². The summed E-state index contributed by atoms with van der Waals surface area (Å²) in [5.74, 6) is 0.638. The molecule has 2 rings (SSSR count). The van der Waals surface area contributed by atoms with E-state index in [2.05, 4.69) is 23.5 Å². The Labute approximate surface area is 113 Å². The lowest BCUT2D eigenvalue weighted by atomic mass is 10.2. The molecule has 0 atom stereocenters. The van der Waals surface area contributed by atoms with E-state index in [0.29, 0.717) is 11.7 Å². The molecule has 1 amide bonds. The first-order valence-electron chi connectivity index (χ1n) is 6.55. The van der Waals surface area contributed by atoms with E-state index < -0.39 is 0 Å². The average molecular weight is 257 g/mol. The number of carbonyl (C=O) groups is 1. The number of rotatable bonds is 5. The highest BCUT2D eigenvalue weighted by Gasteiger charge is 2.15. The third-order valence-electron chi connectivity index (χ3n) is 3.33. The van der Waals surface area contributed by atoms with Crippen LogP contribution in [0.4, 0.5) is 11.5 Å². The van der Waals surface area contributed by atoms with Gasteiger partial charge in [0.15, 0.2) is 0 Å². The fraction of sp³-hybridized carbons (Fsp3) is 0.333. The quantitative estimate of drug-likeness (QED) is 0.824. The third-order valence-corrected chi connectivity index (χ3v) is 3.33. The molecule has 1 aromatic heterocycles. The summed E-state index contributed by atoms with van der Waals surface area (Å²) in [6.07, 6.45) is 9.37. The van der Waals surface area contributed by atoms with Gasteiger partial charge >= 0.3 is 0 Å². The highest BCUT2D eigenvalue weighted by molar-refractivity contribution is 6.02. The Hall–Kier alpha value is -2.10. The van der Waals surface area contributed by atoms with Gasteiger partial charge in [-0.2, -0.15) is 0 Å². The van der Waals surface area contributed by atoms with E-state index in [4.69, 9.17) is 0 Å². The van der Waals surface area contributed by atoms with Crippen LogP contribution in [-0.2, 0) is 4.79 Å². The van der Waals surface area contributed by atoms with Gasteiger partial charge in [-0.1, -0.05) is 26.0 Å². The largest absolute Gasteiger partial charge is 0.367 e. The number of nitrogens with zero attached hydrogens (tertiary/aromatic N) is 2. The van der Waals surface area contributed by atoms with E-state index in [1.54, 1.807) is 6.20 Å². The van der Waals surface area contributed by atoms with Crippen molar-refractivity contribution in [2.45, 2.75) is 31.7 Å². The lowest BCUT2D eigenvalue weighted by molar-refractivity contribution is -0.113. The second kappa shape index (κ2) is 6.18. The number of aromatic nitrogens is 1. The normalized spacial score (nSPS) is 14.9. The molecular formula is C15H19N3O. The van der Waals surface area contributed by atoms with E-state index in [1.165, 1.54) is 42.9 Å². The summed E-state index contributed by atoms with van der Waals surface area (Å²) in [5, 5.41) is 3.41. The predicted octanol–water partition coefficient (Wildman–Crippen LogP) is 3.10.